The fourth-order valence-corrected chi connectivity index (χ4v) is 5.22. The Hall–Kier alpha value is -2.44. The van der Waals surface area contributed by atoms with Crippen LogP contribution in [0, 0.1) is 6.92 Å². The van der Waals surface area contributed by atoms with Crippen LogP contribution in [0.2, 0.25) is 0 Å². The van der Waals surface area contributed by atoms with Crippen molar-refractivity contribution in [2.24, 2.45) is 0 Å². The number of hydrogen-bond donors (Lipinski definition) is 0. The summed E-state index contributed by atoms with van der Waals surface area (Å²) in [5.74, 6) is 1.75. The minimum atomic E-state index is -0.0748. The highest BCUT2D eigenvalue weighted by molar-refractivity contribution is 5.53. The summed E-state index contributed by atoms with van der Waals surface area (Å²) >= 11 is 0. The zero-order valence-electron chi connectivity index (χ0n) is 17.1. The largest absolute Gasteiger partial charge is 0.474 e. The third-order valence-corrected chi connectivity index (χ3v) is 6.73. The molecule has 0 radical (unpaired) electrons. The molecule has 0 N–H and O–H groups in total. The highest BCUT2D eigenvalue weighted by Crippen LogP contribution is 2.43. The average Bonchev–Trinajstić information content (AvgIpc) is 3.28. The van der Waals surface area contributed by atoms with E-state index in [4.69, 9.17) is 14.5 Å². The first-order chi connectivity index (χ1) is 14.2. The summed E-state index contributed by atoms with van der Waals surface area (Å²) in [6, 6.07) is 12.4. The molecule has 3 aromatic heterocycles. The SMILES string of the molecule is COC12CCC(Oc3ccccn3)CC1N(Cc1nc(C)n3ccccc13)CC2. The molecule has 3 unspecified atom stereocenters. The first-order valence-electron chi connectivity index (χ1n) is 10.5. The first kappa shape index (κ1) is 18.6. The predicted molar refractivity (Wildman–Crippen MR) is 111 cm³/mol. The Bertz CT molecular complexity index is 989. The summed E-state index contributed by atoms with van der Waals surface area (Å²) in [4.78, 5) is 11.8. The number of aromatic nitrogens is 3. The predicted octanol–water partition coefficient (Wildman–Crippen LogP) is 3.63. The molecule has 2 aliphatic rings. The molecule has 29 heavy (non-hydrogen) atoms. The first-order valence-corrected chi connectivity index (χ1v) is 10.5. The maximum atomic E-state index is 6.21. The van der Waals surface area contributed by atoms with Crippen LogP contribution in [0.1, 0.15) is 37.2 Å². The third kappa shape index (κ3) is 3.30. The van der Waals surface area contributed by atoms with Gasteiger partial charge in [0.25, 0.3) is 0 Å². The third-order valence-electron chi connectivity index (χ3n) is 6.73. The van der Waals surface area contributed by atoms with Crippen LogP contribution in [-0.4, -0.2) is 50.7 Å². The number of nitrogens with zero attached hydrogens (tertiary/aromatic N) is 4. The maximum Gasteiger partial charge on any atom is 0.213 e. The van der Waals surface area contributed by atoms with Crippen molar-refractivity contribution >= 4 is 5.52 Å². The van der Waals surface area contributed by atoms with E-state index in [1.807, 2.05) is 25.3 Å². The molecule has 6 nitrogen and oxygen atoms in total. The lowest BCUT2D eigenvalue weighted by molar-refractivity contribution is -0.0843. The molecule has 3 atom stereocenters. The van der Waals surface area contributed by atoms with Gasteiger partial charge in [-0.15, -0.1) is 0 Å². The van der Waals surface area contributed by atoms with Crippen molar-refractivity contribution in [1.82, 2.24) is 19.3 Å². The fourth-order valence-electron chi connectivity index (χ4n) is 5.22. The highest BCUT2D eigenvalue weighted by atomic mass is 16.5. The Morgan fingerprint density at radius 2 is 2.07 bits per heavy atom. The smallest absolute Gasteiger partial charge is 0.213 e. The van der Waals surface area contributed by atoms with Crippen molar-refractivity contribution in [3.63, 3.8) is 0 Å². The summed E-state index contributed by atoms with van der Waals surface area (Å²) in [7, 11) is 1.87. The molecule has 0 aromatic carbocycles. The van der Waals surface area contributed by atoms with Gasteiger partial charge in [0.2, 0.25) is 5.88 Å². The molecular formula is C23H28N4O2. The normalized spacial score (nSPS) is 27.2. The van der Waals surface area contributed by atoms with Crippen molar-refractivity contribution in [3.8, 4) is 5.88 Å². The number of rotatable bonds is 5. The van der Waals surface area contributed by atoms with E-state index >= 15 is 0 Å². The maximum absolute atomic E-state index is 6.21. The van der Waals surface area contributed by atoms with Crippen LogP contribution in [0.5, 0.6) is 5.88 Å². The van der Waals surface area contributed by atoms with E-state index in [1.165, 1.54) is 5.52 Å². The molecule has 0 spiro atoms. The van der Waals surface area contributed by atoms with Crippen molar-refractivity contribution in [1.29, 1.82) is 0 Å². The molecule has 1 aliphatic heterocycles. The standard InChI is InChI=1S/C23H28N4O2/c1-17-25-19(20-7-4-6-13-27(17)20)16-26-14-11-23(28-2)10-9-18(15-21(23)26)29-22-8-3-5-12-24-22/h3-8,12-13,18,21H,9-11,14-16H2,1-2H3. The van der Waals surface area contributed by atoms with E-state index in [0.29, 0.717) is 11.9 Å². The molecule has 6 heteroatoms. The lowest BCUT2D eigenvalue weighted by Gasteiger charge is -2.43. The molecule has 152 valence electrons. The molecule has 1 aliphatic carbocycles. The lowest BCUT2D eigenvalue weighted by atomic mass is 9.79. The number of hydrogen-bond acceptors (Lipinski definition) is 5. The molecular weight excluding hydrogens is 364 g/mol. The number of methoxy groups -OCH3 is 1. The Labute approximate surface area is 171 Å². The molecule has 1 saturated carbocycles. The molecule has 1 saturated heterocycles. The van der Waals surface area contributed by atoms with Gasteiger partial charge in [-0.1, -0.05) is 12.1 Å². The summed E-state index contributed by atoms with van der Waals surface area (Å²) in [5, 5.41) is 0. The second kappa shape index (κ2) is 7.43. The van der Waals surface area contributed by atoms with Gasteiger partial charge in [-0.3, -0.25) is 4.90 Å². The van der Waals surface area contributed by atoms with Gasteiger partial charge in [-0.05, 0) is 44.4 Å². The number of imidazole rings is 1. The van der Waals surface area contributed by atoms with Crippen molar-refractivity contribution in [3.05, 3.63) is 60.3 Å². The minimum Gasteiger partial charge on any atom is -0.474 e. The van der Waals surface area contributed by atoms with Crippen molar-refractivity contribution < 1.29 is 9.47 Å². The summed E-state index contributed by atoms with van der Waals surface area (Å²) in [6.45, 7) is 3.93. The zero-order chi connectivity index (χ0) is 19.8. The van der Waals surface area contributed by atoms with E-state index in [0.717, 1.165) is 50.3 Å². The quantitative estimate of drug-likeness (QED) is 0.664. The summed E-state index contributed by atoms with van der Waals surface area (Å²) in [5.41, 5.74) is 2.26. The van der Waals surface area contributed by atoms with E-state index < -0.39 is 0 Å². The Kier molecular flexibility index (Phi) is 4.76. The lowest BCUT2D eigenvalue weighted by Crippen LogP contribution is -2.52. The van der Waals surface area contributed by atoms with Gasteiger partial charge in [0.1, 0.15) is 11.9 Å². The minimum absolute atomic E-state index is 0.0748. The molecule has 5 rings (SSSR count). The van der Waals surface area contributed by atoms with Gasteiger partial charge in [0.05, 0.1) is 16.8 Å². The molecule has 0 amide bonds. The number of likely N-dealkylation sites (tertiary alicyclic amines) is 1. The number of aryl methyl sites for hydroxylation is 1. The Morgan fingerprint density at radius 3 is 2.90 bits per heavy atom. The number of pyridine rings is 2. The van der Waals surface area contributed by atoms with E-state index in [1.54, 1.807) is 6.20 Å². The molecule has 3 aromatic rings. The second-order valence-electron chi connectivity index (χ2n) is 8.25. The topological polar surface area (TPSA) is 51.9 Å². The van der Waals surface area contributed by atoms with Crippen LogP contribution in [-0.2, 0) is 11.3 Å². The zero-order valence-corrected chi connectivity index (χ0v) is 17.1. The monoisotopic (exact) mass is 392 g/mol. The van der Waals surface area contributed by atoms with Crippen LogP contribution in [0.25, 0.3) is 5.52 Å². The van der Waals surface area contributed by atoms with Crippen LogP contribution in [0.3, 0.4) is 0 Å². The molecule has 0 bridgehead atoms. The highest BCUT2D eigenvalue weighted by Gasteiger charge is 2.51. The molecule has 4 heterocycles. The van der Waals surface area contributed by atoms with Gasteiger partial charge < -0.3 is 13.9 Å². The van der Waals surface area contributed by atoms with Crippen molar-refractivity contribution in [2.45, 2.75) is 56.9 Å². The van der Waals surface area contributed by atoms with Crippen LogP contribution in [0.4, 0.5) is 0 Å². The van der Waals surface area contributed by atoms with Crippen LogP contribution >= 0.6 is 0 Å². The molecule has 2 fully saturated rings. The van der Waals surface area contributed by atoms with Gasteiger partial charge in [-0.25, -0.2) is 9.97 Å². The Balaban J connectivity index is 1.37. The van der Waals surface area contributed by atoms with E-state index in [2.05, 4.69) is 45.6 Å². The fraction of sp³-hybridized carbons (Fsp3) is 0.478. The second-order valence-corrected chi connectivity index (χ2v) is 8.25. The number of ether oxygens (including phenoxy) is 2. The van der Waals surface area contributed by atoms with Crippen LogP contribution in [0.15, 0.2) is 48.8 Å². The van der Waals surface area contributed by atoms with Crippen LogP contribution < -0.4 is 4.74 Å². The van der Waals surface area contributed by atoms with E-state index in [-0.39, 0.29) is 11.7 Å². The van der Waals surface area contributed by atoms with Gasteiger partial charge in [-0.2, -0.15) is 0 Å². The van der Waals surface area contributed by atoms with Gasteiger partial charge in [0.15, 0.2) is 0 Å². The van der Waals surface area contributed by atoms with Crippen molar-refractivity contribution in [2.75, 3.05) is 13.7 Å². The summed E-state index contributed by atoms with van der Waals surface area (Å²) < 4.78 is 14.5. The Morgan fingerprint density at radius 1 is 1.17 bits per heavy atom. The van der Waals surface area contributed by atoms with Gasteiger partial charge >= 0.3 is 0 Å². The average molecular weight is 393 g/mol. The summed E-state index contributed by atoms with van der Waals surface area (Å²) in [6.07, 6.45) is 8.07. The van der Waals surface area contributed by atoms with E-state index in [9.17, 15) is 0 Å². The van der Waals surface area contributed by atoms with Gasteiger partial charge in [0, 0.05) is 51.1 Å². The number of fused-ring (bicyclic) bond motifs is 2.